The minimum Gasteiger partial charge on any atom is -0.462 e. The highest BCUT2D eigenvalue weighted by molar-refractivity contribution is 6.05. The van der Waals surface area contributed by atoms with E-state index in [0.717, 1.165) is 43.4 Å². The molecular formula is C22H32N3O3+. The van der Waals surface area contributed by atoms with E-state index in [9.17, 15) is 9.59 Å². The quantitative estimate of drug-likeness (QED) is 0.408. The number of ether oxygens (including phenoxy) is 1. The van der Waals surface area contributed by atoms with Crippen LogP contribution in [0.1, 0.15) is 62.9 Å². The standard InChI is InChI=1S/C22H31N3O3/c1-7-25(8-2,9-3)22(12-11-13-22)21(27)24-19-16(5)14-17(23-6)15-18(19)20(26)28-10-4/h14-15H,7-13H2,1-5H3/p+1. The molecule has 1 amide bonds. The third-order valence-electron chi connectivity index (χ3n) is 6.51. The highest BCUT2D eigenvalue weighted by atomic mass is 16.5. The summed E-state index contributed by atoms with van der Waals surface area (Å²) < 4.78 is 5.91. The molecule has 0 aromatic heterocycles. The maximum absolute atomic E-state index is 13.5. The molecule has 1 aliphatic carbocycles. The lowest BCUT2D eigenvalue weighted by molar-refractivity contribution is -0.967. The topological polar surface area (TPSA) is 59.8 Å². The van der Waals surface area contributed by atoms with Crippen LogP contribution in [0.2, 0.25) is 0 Å². The molecule has 0 unspecified atom stereocenters. The molecule has 2 rings (SSSR count). The van der Waals surface area contributed by atoms with Crippen molar-refractivity contribution in [1.29, 1.82) is 0 Å². The van der Waals surface area contributed by atoms with Crippen LogP contribution in [0.15, 0.2) is 12.1 Å². The summed E-state index contributed by atoms with van der Waals surface area (Å²) in [6.07, 6.45) is 2.73. The minimum atomic E-state index is -0.517. The number of esters is 1. The summed E-state index contributed by atoms with van der Waals surface area (Å²) in [6.45, 7) is 20.1. The molecule has 0 saturated heterocycles. The second-order valence-electron chi connectivity index (χ2n) is 7.45. The number of carbonyl (C=O) groups excluding carboxylic acids is 2. The predicted octanol–water partition coefficient (Wildman–Crippen LogP) is 4.46. The zero-order chi connectivity index (χ0) is 20.9. The molecule has 0 aliphatic heterocycles. The number of rotatable bonds is 8. The maximum atomic E-state index is 13.5. The van der Waals surface area contributed by atoms with Gasteiger partial charge in [0, 0.05) is 12.8 Å². The van der Waals surface area contributed by atoms with Gasteiger partial charge < -0.3 is 14.5 Å². The lowest BCUT2D eigenvalue weighted by Gasteiger charge is -2.55. The minimum absolute atomic E-state index is 0.0338. The normalized spacial score (nSPS) is 15.3. The van der Waals surface area contributed by atoms with Crippen LogP contribution < -0.4 is 5.32 Å². The first-order chi connectivity index (χ1) is 13.3. The molecule has 6 heteroatoms. The van der Waals surface area contributed by atoms with Gasteiger partial charge in [0.05, 0.1) is 44.1 Å². The number of nitrogens with zero attached hydrogens (tertiary/aromatic N) is 2. The van der Waals surface area contributed by atoms with Crippen molar-refractivity contribution in [3.8, 4) is 0 Å². The van der Waals surface area contributed by atoms with E-state index in [1.165, 1.54) is 6.07 Å². The zero-order valence-corrected chi connectivity index (χ0v) is 17.7. The van der Waals surface area contributed by atoms with Crippen LogP contribution in [0, 0.1) is 13.5 Å². The Morgan fingerprint density at radius 3 is 2.21 bits per heavy atom. The van der Waals surface area contributed by atoms with Crippen molar-refractivity contribution in [2.75, 3.05) is 31.6 Å². The fraction of sp³-hybridized carbons (Fsp3) is 0.591. The van der Waals surface area contributed by atoms with Crippen LogP contribution in [-0.4, -0.2) is 48.1 Å². The fourth-order valence-electron chi connectivity index (χ4n) is 4.61. The fourth-order valence-corrected chi connectivity index (χ4v) is 4.61. The van der Waals surface area contributed by atoms with Gasteiger partial charge in [0.25, 0.3) is 5.91 Å². The van der Waals surface area contributed by atoms with Gasteiger partial charge in [-0.15, -0.1) is 0 Å². The number of benzene rings is 1. The number of aryl methyl sites for hydroxylation is 1. The molecule has 0 heterocycles. The lowest BCUT2D eigenvalue weighted by atomic mass is 9.72. The highest BCUT2D eigenvalue weighted by Gasteiger charge is 2.58. The molecule has 0 atom stereocenters. The van der Waals surface area contributed by atoms with Crippen LogP contribution in [0.5, 0.6) is 0 Å². The Bertz CT molecular complexity index is 779. The van der Waals surface area contributed by atoms with E-state index < -0.39 is 11.5 Å². The van der Waals surface area contributed by atoms with E-state index in [-0.39, 0.29) is 18.1 Å². The molecule has 0 spiro atoms. The Morgan fingerprint density at radius 2 is 1.79 bits per heavy atom. The molecule has 1 aromatic carbocycles. The van der Waals surface area contributed by atoms with Crippen LogP contribution in [0.25, 0.3) is 4.85 Å². The summed E-state index contributed by atoms with van der Waals surface area (Å²) in [6, 6.07) is 3.20. The van der Waals surface area contributed by atoms with Crippen molar-refractivity contribution in [2.45, 2.75) is 59.4 Å². The number of nitrogens with one attached hydrogen (secondary N) is 1. The SMILES string of the molecule is [C-]#[N+]c1cc(C)c(NC(=O)C2([N+](CC)(CC)CC)CCC2)c(C(=O)OCC)c1. The van der Waals surface area contributed by atoms with Crippen LogP contribution in [0.4, 0.5) is 11.4 Å². The number of amides is 1. The molecule has 1 saturated carbocycles. The van der Waals surface area contributed by atoms with Crippen LogP contribution >= 0.6 is 0 Å². The Labute approximate surface area is 168 Å². The number of quaternary nitrogens is 1. The molecule has 6 nitrogen and oxygen atoms in total. The van der Waals surface area contributed by atoms with Gasteiger partial charge in [-0.3, -0.25) is 4.79 Å². The van der Waals surface area contributed by atoms with Crippen molar-refractivity contribution in [3.63, 3.8) is 0 Å². The lowest BCUT2D eigenvalue weighted by Crippen LogP contribution is -2.72. The third kappa shape index (κ3) is 3.51. The van der Waals surface area contributed by atoms with Crippen molar-refractivity contribution in [2.24, 2.45) is 0 Å². The number of anilines is 1. The zero-order valence-electron chi connectivity index (χ0n) is 17.7. The Balaban J connectivity index is 2.48. The Kier molecular flexibility index (Phi) is 6.84. The molecule has 1 N–H and O–H groups in total. The molecule has 1 aromatic rings. The highest BCUT2D eigenvalue weighted by Crippen LogP contribution is 2.44. The van der Waals surface area contributed by atoms with Crippen molar-refractivity contribution in [3.05, 3.63) is 34.7 Å². The summed E-state index contributed by atoms with van der Waals surface area (Å²) >= 11 is 0. The number of likely N-dealkylation sites (N-methyl/N-ethyl adjacent to an activating group) is 1. The third-order valence-corrected chi connectivity index (χ3v) is 6.51. The van der Waals surface area contributed by atoms with Crippen molar-refractivity contribution < 1.29 is 18.8 Å². The summed E-state index contributed by atoms with van der Waals surface area (Å²) in [5.41, 5.74) is 1.30. The van der Waals surface area contributed by atoms with Gasteiger partial charge in [0.1, 0.15) is 0 Å². The first-order valence-electron chi connectivity index (χ1n) is 10.2. The van der Waals surface area contributed by atoms with Gasteiger partial charge in [-0.2, -0.15) is 0 Å². The van der Waals surface area contributed by atoms with Crippen molar-refractivity contribution >= 4 is 23.3 Å². The smallest absolute Gasteiger partial charge is 0.338 e. The molecule has 152 valence electrons. The van der Waals surface area contributed by atoms with Gasteiger partial charge in [-0.25, -0.2) is 9.64 Å². The monoisotopic (exact) mass is 386 g/mol. The van der Waals surface area contributed by atoms with E-state index in [4.69, 9.17) is 11.3 Å². The number of hydrogen-bond donors (Lipinski definition) is 1. The van der Waals surface area contributed by atoms with E-state index in [1.807, 2.05) is 6.92 Å². The molecule has 1 aliphatic rings. The van der Waals surface area contributed by atoms with E-state index >= 15 is 0 Å². The summed E-state index contributed by atoms with van der Waals surface area (Å²) in [5, 5.41) is 3.06. The molecule has 1 fully saturated rings. The second kappa shape index (κ2) is 8.74. The van der Waals surface area contributed by atoms with E-state index in [2.05, 4.69) is 30.9 Å². The summed E-state index contributed by atoms with van der Waals surface area (Å²) in [7, 11) is 0. The molecule has 0 radical (unpaired) electrons. The second-order valence-corrected chi connectivity index (χ2v) is 7.45. The van der Waals surface area contributed by atoms with Crippen LogP contribution in [0.3, 0.4) is 0 Å². The van der Waals surface area contributed by atoms with E-state index in [0.29, 0.717) is 16.9 Å². The predicted molar refractivity (Wildman–Crippen MR) is 110 cm³/mol. The van der Waals surface area contributed by atoms with Gasteiger partial charge in [-0.1, -0.05) is 6.07 Å². The largest absolute Gasteiger partial charge is 0.462 e. The summed E-state index contributed by atoms with van der Waals surface area (Å²) in [5.74, 6) is -0.551. The molecule has 0 bridgehead atoms. The Morgan fingerprint density at radius 1 is 1.18 bits per heavy atom. The average molecular weight is 387 g/mol. The first-order valence-corrected chi connectivity index (χ1v) is 10.2. The number of carbonyl (C=O) groups is 2. The summed E-state index contributed by atoms with van der Waals surface area (Å²) in [4.78, 5) is 29.5. The van der Waals surface area contributed by atoms with Gasteiger partial charge >= 0.3 is 5.97 Å². The van der Waals surface area contributed by atoms with Gasteiger partial charge in [0.15, 0.2) is 11.2 Å². The van der Waals surface area contributed by atoms with Gasteiger partial charge in [0.2, 0.25) is 0 Å². The van der Waals surface area contributed by atoms with Crippen LogP contribution in [-0.2, 0) is 9.53 Å². The van der Waals surface area contributed by atoms with Crippen molar-refractivity contribution in [1.82, 2.24) is 0 Å². The Hall–Kier alpha value is -2.39. The molecular weight excluding hydrogens is 354 g/mol. The van der Waals surface area contributed by atoms with Gasteiger partial charge in [-0.05, 0) is 52.7 Å². The maximum Gasteiger partial charge on any atom is 0.338 e. The number of hydrogen-bond acceptors (Lipinski definition) is 3. The molecule has 28 heavy (non-hydrogen) atoms. The van der Waals surface area contributed by atoms with E-state index in [1.54, 1.807) is 13.0 Å². The average Bonchev–Trinajstić information content (AvgIpc) is 2.66. The first kappa shape index (κ1) is 21.9.